The van der Waals surface area contributed by atoms with Crippen molar-refractivity contribution in [2.24, 2.45) is 0 Å². The van der Waals surface area contributed by atoms with Crippen LogP contribution in [0.4, 0.5) is 0 Å². The SMILES string of the molecule is CN(C1CCC1)S(=O)(=O)c1cncc(C#CCO)c1. The highest BCUT2D eigenvalue weighted by Crippen LogP contribution is 2.28. The van der Waals surface area contributed by atoms with Crippen molar-refractivity contribution in [2.75, 3.05) is 13.7 Å². The molecule has 1 fully saturated rings. The number of aromatic nitrogens is 1. The zero-order valence-corrected chi connectivity index (χ0v) is 11.5. The molecule has 1 heterocycles. The molecule has 19 heavy (non-hydrogen) atoms. The van der Waals surface area contributed by atoms with E-state index in [1.165, 1.54) is 22.8 Å². The lowest BCUT2D eigenvalue weighted by Crippen LogP contribution is -2.41. The quantitative estimate of drug-likeness (QED) is 0.823. The van der Waals surface area contributed by atoms with Crippen molar-refractivity contribution < 1.29 is 13.5 Å². The number of hydrogen-bond donors (Lipinski definition) is 1. The van der Waals surface area contributed by atoms with Gasteiger partial charge in [0.1, 0.15) is 11.5 Å². The summed E-state index contributed by atoms with van der Waals surface area (Å²) in [5, 5.41) is 8.64. The molecule has 0 radical (unpaired) electrons. The Morgan fingerprint density at radius 2 is 2.21 bits per heavy atom. The highest BCUT2D eigenvalue weighted by atomic mass is 32.2. The molecule has 5 nitrogen and oxygen atoms in total. The summed E-state index contributed by atoms with van der Waals surface area (Å²) >= 11 is 0. The normalized spacial score (nSPS) is 15.7. The Hall–Kier alpha value is -1.42. The fraction of sp³-hybridized carbons (Fsp3) is 0.462. The summed E-state index contributed by atoms with van der Waals surface area (Å²) in [4.78, 5) is 4.04. The fourth-order valence-electron chi connectivity index (χ4n) is 1.88. The molecular formula is C13H16N2O3S. The van der Waals surface area contributed by atoms with E-state index >= 15 is 0 Å². The van der Waals surface area contributed by atoms with Gasteiger partial charge in [-0.05, 0) is 18.9 Å². The Bertz CT molecular complexity index is 612. The van der Waals surface area contributed by atoms with Gasteiger partial charge in [0.05, 0.1) is 0 Å². The van der Waals surface area contributed by atoms with Crippen molar-refractivity contribution in [2.45, 2.75) is 30.2 Å². The maximum absolute atomic E-state index is 12.4. The van der Waals surface area contributed by atoms with Crippen molar-refractivity contribution in [3.05, 3.63) is 24.0 Å². The lowest BCUT2D eigenvalue weighted by Gasteiger charge is -2.33. The maximum atomic E-state index is 12.4. The largest absolute Gasteiger partial charge is 0.384 e. The van der Waals surface area contributed by atoms with Gasteiger partial charge < -0.3 is 5.11 Å². The monoisotopic (exact) mass is 280 g/mol. The molecule has 0 amide bonds. The van der Waals surface area contributed by atoms with Crippen LogP contribution in [-0.2, 0) is 10.0 Å². The van der Waals surface area contributed by atoms with Gasteiger partial charge in [0.2, 0.25) is 10.0 Å². The van der Waals surface area contributed by atoms with Gasteiger partial charge in [0, 0.05) is 31.0 Å². The van der Waals surface area contributed by atoms with Crippen LogP contribution in [0.25, 0.3) is 0 Å². The molecule has 0 spiro atoms. The Kier molecular flexibility index (Phi) is 4.20. The first kappa shape index (κ1) is 14.0. The highest BCUT2D eigenvalue weighted by Gasteiger charge is 2.31. The van der Waals surface area contributed by atoms with Gasteiger partial charge in [-0.25, -0.2) is 8.42 Å². The topological polar surface area (TPSA) is 70.5 Å². The number of rotatable bonds is 3. The summed E-state index contributed by atoms with van der Waals surface area (Å²) < 4.78 is 26.2. The van der Waals surface area contributed by atoms with Crippen LogP contribution in [-0.4, -0.2) is 42.5 Å². The van der Waals surface area contributed by atoms with E-state index in [1.54, 1.807) is 7.05 Å². The van der Waals surface area contributed by atoms with Crippen molar-refractivity contribution in [3.8, 4) is 11.8 Å². The highest BCUT2D eigenvalue weighted by molar-refractivity contribution is 7.89. The van der Waals surface area contributed by atoms with Crippen molar-refractivity contribution in [3.63, 3.8) is 0 Å². The molecule has 1 aliphatic rings. The minimum absolute atomic E-state index is 0.0946. The lowest BCUT2D eigenvalue weighted by molar-refractivity contribution is 0.249. The number of aliphatic hydroxyl groups is 1. The lowest BCUT2D eigenvalue weighted by atomic mass is 9.94. The number of sulfonamides is 1. The summed E-state index contributed by atoms with van der Waals surface area (Å²) in [5.41, 5.74) is 0.483. The van der Waals surface area contributed by atoms with Gasteiger partial charge >= 0.3 is 0 Å². The second kappa shape index (κ2) is 5.70. The molecule has 1 aromatic heterocycles. The minimum atomic E-state index is -3.51. The molecule has 0 unspecified atom stereocenters. The molecule has 0 atom stereocenters. The van der Waals surface area contributed by atoms with Crippen LogP contribution >= 0.6 is 0 Å². The Labute approximate surface area is 113 Å². The van der Waals surface area contributed by atoms with E-state index in [1.807, 2.05) is 0 Å². The van der Waals surface area contributed by atoms with E-state index in [-0.39, 0.29) is 17.5 Å². The van der Waals surface area contributed by atoms with Gasteiger partial charge in [0.15, 0.2) is 0 Å². The summed E-state index contributed by atoms with van der Waals surface area (Å²) in [6.07, 6.45) is 5.70. The molecule has 1 N–H and O–H groups in total. The van der Waals surface area contributed by atoms with Crippen molar-refractivity contribution >= 4 is 10.0 Å². The van der Waals surface area contributed by atoms with E-state index in [4.69, 9.17) is 5.11 Å². The molecule has 2 rings (SSSR count). The van der Waals surface area contributed by atoms with Gasteiger partial charge in [-0.3, -0.25) is 4.98 Å². The van der Waals surface area contributed by atoms with E-state index < -0.39 is 10.0 Å². The zero-order chi connectivity index (χ0) is 13.9. The second-order valence-electron chi connectivity index (χ2n) is 4.48. The van der Waals surface area contributed by atoms with Crippen LogP contribution in [0.1, 0.15) is 24.8 Å². The Balaban J connectivity index is 2.29. The number of nitrogens with zero attached hydrogens (tertiary/aromatic N) is 2. The van der Waals surface area contributed by atoms with Crippen molar-refractivity contribution in [1.29, 1.82) is 0 Å². The predicted molar refractivity (Wildman–Crippen MR) is 70.8 cm³/mol. The minimum Gasteiger partial charge on any atom is -0.384 e. The average Bonchev–Trinajstić information content (AvgIpc) is 2.34. The molecule has 0 bridgehead atoms. The Morgan fingerprint density at radius 1 is 1.47 bits per heavy atom. The zero-order valence-electron chi connectivity index (χ0n) is 10.7. The molecule has 102 valence electrons. The van der Waals surface area contributed by atoms with Crippen LogP contribution in [0, 0.1) is 11.8 Å². The molecule has 0 saturated heterocycles. The summed E-state index contributed by atoms with van der Waals surface area (Å²) in [5.74, 6) is 5.13. The summed E-state index contributed by atoms with van der Waals surface area (Å²) in [6.45, 7) is -0.265. The molecule has 1 aromatic rings. The summed E-state index contributed by atoms with van der Waals surface area (Å²) in [7, 11) is -1.90. The van der Waals surface area contributed by atoms with Gasteiger partial charge in [-0.1, -0.05) is 18.3 Å². The number of aliphatic hydroxyl groups excluding tert-OH is 1. The standard InChI is InChI=1S/C13H16N2O3S/c1-15(12-5-2-6-12)19(17,18)13-8-11(4-3-7-16)9-14-10-13/h8-10,12,16H,2,5-7H2,1H3. The van der Waals surface area contributed by atoms with Crippen molar-refractivity contribution in [1.82, 2.24) is 9.29 Å². The van der Waals surface area contributed by atoms with Crippen LogP contribution < -0.4 is 0 Å². The van der Waals surface area contributed by atoms with E-state index in [2.05, 4.69) is 16.8 Å². The average molecular weight is 280 g/mol. The van der Waals surface area contributed by atoms with Gasteiger partial charge in [0.25, 0.3) is 0 Å². The van der Waals surface area contributed by atoms with E-state index in [9.17, 15) is 8.42 Å². The molecule has 1 aliphatic carbocycles. The van der Waals surface area contributed by atoms with Crippen LogP contribution in [0.2, 0.25) is 0 Å². The fourth-order valence-corrected chi connectivity index (χ4v) is 3.29. The first-order valence-corrected chi connectivity index (χ1v) is 7.52. The number of pyridine rings is 1. The second-order valence-corrected chi connectivity index (χ2v) is 6.47. The third-order valence-electron chi connectivity index (χ3n) is 3.29. The van der Waals surface area contributed by atoms with E-state index in [0.717, 1.165) is 19.3 Å². The number of hydrogen-bond acceptors (Lipinski definition) is 4. The van der Waals surface area contributed by atoms with Gasteiger partial charge in [-0.15, -0.1) is 0 Å². The molecule has 6 heteroatoms. The van der Waals surface area contributed by atoms with Crippen LogP contribution in [0.5, 0.6) is 0 Å². The first-order chi connectivity index (χ1) is 9.05. The van der Waals surface area contributed by atoms with Crippen LogP contribution in [0.3, 0.4) is 0 Å². The molecule has 1 saturated carbocycles. The predicted octanol–water partition coefficient (Wildman–Crippen LogP) is 0.598. The smallest absolute Gasteiger partial charge is 0.244 e. The Morgan fingerprint density at radius 3 is 2.79 bits per heavy atom. The molecule has 0 aliphatic heterocycles. The van der Waals surface area contributed by atoms with E-state index in [0.29, 0.717) is 5.56 Å². The first-order valence-electron chi connectivity index (χ1n) is 6.08. The van der Waals surface area contributed by atoms with Gasteiger partial charge in [-0.2, -0.15) is 4.31 Å². The summed E-state index contributed by atoms with van der Waals surface area (Å²) in [6, 6.07) is 1.58. The van der Waals surface area contributed by atoms with Crippen LogP contribution in [0.15, 0.2) is 23.4 Å². The maximum Gasteiger partial charge on any atom is 0.244 e. The molecule has 0 aromatic carbocycles. The third-order valence-corrected chi connectivity index (χ3v) is 5.17. The third kappa shape index (κ3) is 2.95. The molecular weight excluding hydrogens is 264 g/mol.